The number of hydrogen-bond acceptors (Lipinski definition) is 10. The minimum absolute atomic E-state index is 0.0920. The summed E-state index contributed by atoms with van der Waals surface area (Å²) in [5.41, 5.74) is 0. The third kappa shape index (κ3) is 37.7. The predicted octanol–water partition coefficient (Wildman–Crippen LogP) is 12.9. The molecule has 1 amide bonds. The smallest absolute Gasteiger partial charge is 0.306 e. The molecule has 0 aromatic rings. The van der Waals surface area contributed by atoms with Gasteiger partial charge in [-0.15, -0.1) is 0 Å². The van der Waals surface area contributed by atoms with Crippen molar-refractivity contribution in [3.63, 3.8) is 0 Å². The average molecular weight is 1020 g/mol. The average Bonchev–Trinajstić information content (AvgIpc) is 3.39. The number of carbonyl (C=O) groups is 2. The summed E-state index contributed by atoms with van der Waals surface area (Å²) in [5.74, 6) is -1.25. The maximum atomic E-state index is 13.4. The SMILES string of the molecule is CC/C=C\C/C=C\C/C=C\C/C=C\C/C=C\CCCCCCC(O)C(=O)NC(COC1OC(CO)C(O)C(O)C1OC(=O)CCCCCCC\C=C/C=C/C=C/CC)C(O)/C=C/CCCCCCCCCCC. The fourth-order valence-corrected chi connectivity index (χ4v) is 8.20. The molecule has 1 heterocycles. The van der Waals surface area contributed by atoms with Gasteiger partial charge in [-0.05, 0) is 89.9 Å². The summed E-state index contributed by atoms with van der Waals surface area (Å²) in [6.07, 6.45) is 55.6. The van der Waals surface area contributed by atoms with Crippen molar-refractivity contribution in [1.29, 1.82) is 0 Å². The van der Waals surface area contributed by atoms with Crippen LogP contribution in [0.4, 0.5) is 0 Å². The van der Waals surface area contributed by atoms with Crippen LogP contribution in [-0.2, 0) is 23.8 Å². The fraction of sp³-hybridized carbons (Fsp3) is 0.677. The first-order valence-electron chi connectivity index (χ1n) is 28.7. The molecule has 8 unspecified atom stereocenters. The molecule has 0 aromatic heterocycles. The minimum atomic E-state index is -1.63. The van der Waals surface area contributed by atoms with Crippen LogP contribution in [0, 0.1) is 0 Å². The Labute approximate surface area is 443 Å². The third-order valence-electron chi connectivity index (χ3n) is 12.7. The Hall–Kier alpha value is -3.68. The molecule has 0 bridgehead atoms. The minimum Gasteiger partial charge on any atom is -0.454 e. The summed E-state index contributed by atoms with van der Waals surface area (Å²) in [6, 6.07) is -1.04. The Kier molecular flexibility index (Phi) is 45.4. The Morgan fingerprint density at radius 2 is 1.05 bits per heavy atom. The van der Waals surface area contributed by atoms with Crippen molar-refractivity contribution >= 4 is 11.9 Å². The Bertz CT molecular complexity index is 1600. The summed E-state index contributed by atoms with van der Waals surface area (Å²) < 4.78 is 17.5. The van der Waals surface area contributed by atoms with Gasteiger partial charge < -0.3 is 45.1 Å². The molecule has 1 saturated heterocycles. The van der Waals surface area contributed by atoms with Crippen molar-refractivity contribution in [3.8, 4) is 0 Å². The highest BCUT2D eigenvalue weighted by atomic mass is 16.7. The van der Waals surface area contributed by atoms with E-state index in [1.165, 1.54) is 38.5 Å². The number of allylic oxidation sites excluding steroid dienone is 17. The van der Waals surface area contributed by atoms with Crippen molar-refractivity contribution in [2.75, 3.05) is 13.2 Å². The summed E-state index contributed by atoms with van der Waals surface area (Å²) in [5, 5.41) is 56.8. The first-order chi connectivity index (χ1) is 35.7. The highest BCUT2D eigenvalue weighted by Gasteiger charge is 2.47. The molecule has 0 saturated carbocycles. The molecule has 6 N–H and O–H groups in total. The van der Waals surface area contributed by atoms with E-state index in [0.29, 0.717) is 12.8 Å². The lowest BCUT2D eigenvalue weighted by atomic mass is 9.99. The van der Waals surface area contributed by atoms with E-state index in [1.54, 1.807) is 6.08 Å². The Morgan fingerprint density at radius 3 is 1.63 bits per heavy atom. The van der Waals surface area contributed by atoms with Gasteiger partial charge in [0.1, 0.15) is 24.4 Å². The van der Waals surface area contributed by atoms with Crippen LogP contribution in [0.15, 0.2) is 109 Å². The van der Waals surface area contributed by atoms with Crippen LogP contribution in [0.2, 0.25) is 0 Å². The molecule has 0 radical (unpaired) electrons. The van der Waals surface area contributed by atoms with E-state index in [2.05, 4.69) is 105 Å². The van der Waals surface area contributed by atoms with Gasteiger partial charge in [0.2, 0.25) is 5.91 Å². The van der Waals surface area contributed by atoms with Gasteiger partial charge in [0.15, 0.2) is 12.4 Å². The van der Waals surface area contributed by atoms with Crippen molar-refractivity contribution < 1.29 is 49.3 Å². The number of hydrogen-bond donors (Lipinski definition) is 6. The maximum absolute atomic E-state index is 13.4. The van der Waals surface area contributed by atoms with Gasteiger partial charge in [0.05, 0.1) is 25.4 Å². The number of ether oxygens (including phenoxy) is 3. The van der Waals surface area contributed by atoms with Gasteiger partial charge in [0, 0.05) is 6.42 Å². The van der Waals surface area contributed by atoms with E-state index in [9.17, 15) is 35.1 Å². The number of esters is 1. The molecule has 1 fully saturated rings. The van der Waals surface area contributed by atoms with Crippen molar-refractivity contribution in [2.45, 2.75) is 256 Å². The van der Waals surface area contributed by atoms with Crippen LogP contribution in [0.1, 0.15) is 207 Å². The molecule has 416 valence electrons. The van der Waals surface area contributed by atoms with Crippen LogP contribution in [0.3, 0.4) is 0 Å². The van der Waals surface area contributed by atoms with Crippen LogP contribution in [0.5, 0.6) is 0 Å². The first kappa shape index (κ1) is 67.3. The van der Waals surface area contributed by atoms with Gasteiger partial charge in [-0.25, -0.2) is 0 Å². The van der Waals surface area contributed by atoms with Crippen LogP contribution in [0.25, 0.3) is 0 Å². The molecule has 0 aromatic carbocycles. The molecule has 0 spiro atoms. The monoisotopic (exact) mass is 1020 g/mol. The van der Waals surface area contributed by atoms with E-state index in [4.69, 9.17) is 14.2 Å². The first-order valence-corrected chi connectivity index (χ1v) is 28.7. The summed E-state index contributed by atoms with van der Waals surface area (Å²) in [4.78, 5) is 26.4. The van der Waals surface area contributed by atoms with Crippen molar-refractivity contribution in [2.24, 2.45) is 0 Å². The van der Waals surface area contributed by atoms with E-state index < -0.39 is 67.4 Å². The number of carbonyl (C=O) groups excluding carboxylic acids is 2. The molecule has 73 heavy (non-hydrogen) atoms. The van der Waals surface area contributed by atoms with Crippen LogP contribution in [-0.4, -0.2) is 99.6 Å². The second-order valence-electron chi connectivity index (χ2n) is 19.3. The number of aliphatic hydroxyl groups excluding tert-OH is 5. The highest BCUT2D eigenvalue weighted by Crippen LogP contribution is 2.26. The number of rotatable bonds is 46. The lowest BCUT2D eigenvalue weighted by Gasteiger charge is -2.41. The van der Waals surface area contributed by atoms with Gasteiger partial charge >= 0.3 is 5.97 Å². The lowest BCUT2D eigenvalue weighted by Crippen LogP contribution is -2.61. The van der Waals surface area contributed by atoms with Gasteiger partial charge in [-0.2, -0.15) is 0 Å². The standard InChI is InChI=1S/C62H103NO10/c1-4-7-10-13-16-19-22-24-25-26-27-28-29-30-32-34-37-40-43-46-49-55(66)61(70)63-53(54(65)48-45-42-39-36-33-21-18-15-12-9-6-3)52-71-62-60(59(69)58(68)56(51-64)72-62)73-57(67)50-47-44-41-38-35-31-23-20-17-14-11-8-5-2/h7-8,10-11,14,16-17,19-20,23-25,27-28,30,32,45,48,53-56,58-60,62,64-66,68-69H,4-6,9,12-13,15,18,21-22,26,29,31,33-44,46-47,49-52H2,1-3H3,(H,63,70)/b10-7-,11-8+,17-14+,19-16-,23-20-,25-24-,28-27-,32-30-,48-45+. The molecular weight excluding hydrogens is 919 g/mol. The number of aliphatic hydroxyl groups is 5. The molecule has 1 aliphatic rings. The zero-order chi connectivity index (χ0) is 53.3. The summed E-state index contributed by atoms with van der Waals surface area (Å²) in [7, 11) is 0. The van der Waals surface area contributed by atoms with Crippen LogP contribution >= 0.6 is 0 Å². The van der Waals surface area contributed by atoms with Crippen LogP contribution < -0.4 is 5.32 Å². The Morgan fingerprint density at radius 1 is 0.562 bits per heavy atom. The largest absolute Gasteiger partial charge is 0.454 e. The van der Waals surface area contributed by atoms with E-state index in [-0.39, 0.29) is 19.4 Å². The van der Waals surface area contributed by atoms with Gasteiger partial charge in [-0.3, -0.25) is 9.59 Å². The molecule has 1 rings (SSSR count). The number of unbranched alkanes of at least 4 members (excludes halogenated alkanes) is 18. The molecule has 0 aliphatic carbocycles. The molecule has 11 heteroatoms. The third-order valence-corrected chi connectivity index (χ3v) is 12.7. The van der Waals surface area contributed by atoms with Crippen molar-refractivity contribution in [1.82, 2.24) is 5.32 Å². The summed E-state index contributed by atoms with van der Waals surface area (Å²) in [6.45, 7) is 5.48. The molecule has 11 nitrogen and oxygen atoms in total. The van der Waals surface area contributed by atoms with Gasteiger partial charge in [-0.1, -0.05) is 220 Å². The maximum Gasteiger partial charge on any atom is 0.306 e. The zero-order valence-electron chi connectivity index (χ0n) is 45.7. The Balaban J connectivity index is 2.74. The van der Waals surface area contributed by atoms with Crippen molar-refractivity contribution in [3.05, 3.63) is 109 Å². The molecular formula is C62H103NO10. The zero-order valence-corrected chi connectivity index (χ0v) is 45.7. The normalized spacial score (nSPS) is 20.2. The van der Waals surface area contributed by atoms with E-state index in [1.807, 2.05) is 24.3 Å². The van der Waals surface area contributed by atoms with E-state index >= 15 is 0 Å². The van der Waals surface area contributed by atoms with E-state index in [0.717, 1.165) is 122 Å². The predicted molar refractivity (Wildman–Crippen MR) is 301 cm³/mol. The van der Waals surface area contributed by atoms with Gasteiger partial charge in [0.25, 0.3) is 0 Å². The number of amides is 1. The number of nitrogens with one attached hydrogen (secondary N) is 1. The topological polar surface area (TPSA) is 175 Å². The second-order valence-corrected chi connectivity index (χ2v) is 19.3. The fourth-order valence-electron chi connectivity index (χ4n) is 8.20. The summed E-state index contributed by atoms with van der Waals surface area (Å²) >= 11 is 0. The molecule has 1 aliphatic heterocycles. The second kappa shape index (κ2) is 49.2. The molecule has 8 atom stereocenters. The lowest BCUT2D eigenvalue weighted by molar-refractivity contribution is -0.305. The quantitative estimate of drug-likeness (QED) is 0.0149. The highest BCUT2D eigenvalue weighted by molar-refractivity contribution is 5.80.